The topological polar surface area (TPSA) is 32.3 Å². The Morgan fingerprint density at radius 3 is 2.63 bits per heavy atom. The zero-order valence-corrected chi connectivity index (χ0v) is 17.2. The summed E-state index contributed by atoms with van der Waals surface area (Å²) in [5, 5.41) is 3.12. The average molecular weight is 383 g/mol. The van der Waals surface area contributed by atoms with Gasteiger partial charge in [-0.25, -0.2) is 0 Å². The Bertz CT molecular complexity index is 717. The lowest BCUT2D eigenvalue weighted by molar-refractivity contribution is -0.121. The van der Waals surface area contributed by atoms with Crippen molar-refractivity contribution in [2.24, 2.45) is 5.92 Å². The van der Waals surface area contributed by atoms with Gasteiger partial charge in [0.15, 0.2) is 0 Å². The maximum absolute atomic E-state index is 12.2. The van der Waals surface area contributed by atoms with E-state index in [1.165, 1.54) is 23.4 Å². The summed E-state index contributed by atoms with van der Waals surface area (Å²) in [7, 11) is 0. The third-order valence-electron chi connectivity index (χ3n) is 5.13. The highest BCUT2D eigenvalue weighted by Crippen LogP contribution is 2.25. The third kappa shape index (κ3) is 6.03. The largest absolute Gasteiger partial charge is 0.371 e. The Morgan fingerprint density at radius 1 is 1.19 bits per heavy atom. The van der Waals surface area contributed by atoms with Crippen LogP contribution in [-0.2, 0) is 4.79 Å². The van der Waals surface area contributed by atoms with E-state index in [1.54, 1.807) is 11.8 Å². The van der Waals surface area contributed by atoms with Crippen molar-refractivity contribution in [3.05, 3.63) is 60.2 Å². The maximum atomic E-state index is 12.2. The van der Waals surface area contributed by atoms with Crippen molar-refractivity contribution < 1.29 is 4.79 Å². The predicted octanol–water partition coefficient (Wildman–Crippen LogP) is 5.28. The van der Waals surface area contributed by atoms with E-state index in [9.17, 15) is 4.79 Å². The zero-order valence-electron chi connectivity index (χ0n) is 16.4. The van der Waals surface area contributed by atoms with Crippen molar-refractivity contribution in [3.63, 3.8) is 0 Å². The minimum Gasteiger partial charge on any atom is -0.371 e. The molecule has 2 aromatic rings. The standard InChI is InChI=1S/C23H30N2OS/c1-18-7-6-15-25(17-18)21-12-10-20(11-13-21)19(2)24-23(26)14-16-27-22-8-4-3-5-9-22/h3-5,8-13,18-19H,6-7,14-17H2,1-2H3,(H,24,26)/t18-,19-/m1/s1. The molecule has 0 saturated carbocycles. The van der Waals surface area contributed by atoms with Crippen LogP contribution in [0.5, 0.6) is 0 Å². The molecule has 1 N–H and O–H groups in total. The molecule has 3 rings (SSSR count). The molecule has 1 fully saturated rings. The monoisotopic (exact) mass is 382 g/mol. The van der Waals surface area contributed by atoms with E-state index in [4.69, 9.17) is 0 Å². The molecule has 0 bridgehead atoms. The van der Waals surface area contributed by atoms with E-state index in [0.29, 0.717) is 6.42 Å². The van der Waals surface area contributed by atoms with Crippen LogP contribution in [-0.4, -0.2) is 24.7 Å². The SMILES string of the molecule is C[C@@H]1CCCN(c2ccc([C@@H](C)NC(=O)CCSc3ccccc3)cc2)C1. The van der Waals surface area contributed by atoms with Gasteiger partial charge < -0.3 is 10.2 Å². The van der Waals surface area contributed by atoms with Crippen molar-refractivity contribution in [3.8, 4) is 0 Å². The normalized spacial score (nSPS) is 18.1. The zero-order chi connectivity index (χ0) is 19.1. The van der Waals surface area contributed by atoms with Gasteiger partial charge in [-0.05, 0) is 55.5 Å². The number of hydrogen-bond donors (Lipinski definition) is 1. The van der Waals surface area contributed by atoms with E-state index >= 15 is 0 Å². The molecule has 0 spiro atoms. The summed E-state index contributed by atoms with van der Waals surface area (Å²) in [6.07, 6.45) is 3.14. The molecule has 27 heavy (non-hydrogen) atoms. The lowest BCUT2D eigenvalue weighted by Gasteiger charge is -2.33. The summed E-state index contributed by atoms with van der Waals surface area (Å²) in [6.45, 7) is 6.67. The molecule has 0 aromatic heterocycles. The number of amides is 1. The molecule has 0 unspecified atom stereocenters. The molecular formula is C23H30N2OS. The van der Waals surface area contributed by atoms with Gasteiger partial charge in [0.1, 0.15) is 0 Å². The number of piperidine rings is 1. The molecular weight excluding hydrogens is 352 g/mol. The first-order chi connectivity index (χ1) is 13.1. The molecule has 2 atom stereocenters. The predicted molar refractivity (Wildman–Crippen MR) is 115 cm³/mol. The minimum atomic E-state index is 0.0357. The fraction of sp³-hybridized carbons (Fsp3) is 0.435. The van der Waals surface area contributed by atoms with Crippen LogP contribution in [0.25, 0.3) is 0 Å². The number of hydrogen-bond acceptors (Lipinski definition) is 3. The molecule has 1 heterocycles. The number of benzene rings is 2. The quantitative estimate of drug-likeness (QED) is 0.661. The first-order valence-corrected chi connectivity index (χ1v) is 10.9. The fourth-order valence-corrected chi connectivity index (χ4v) is 4.45. The van der Waals surface area contributed by atoms with E-state index in [0.717, 1.165) is 30.3 Å². The summed E-state index contributed by atoms with van der Waals surface area (Å²) in [5.41, 5.74) is 2.45. The minimum absolute atomic E-state index is 0.0357. The highest BCUT2D eigenvalue weighted by atomic mass is 32.2. The second kappa shape index (κ2) is 9.84. The van der Waals surface area contributed by atoms with Crippen LogP contribution in [0.2, 0.25) is 0 Å². The first kappa shape index (κ1) is 19.8. The van der Waals surface area contributed by atoms with E-state index < -0.39 is 0 Å². The molecule has 1 saturated heterocycles. The Balaban J connectivity index is 1.45. The first-order valence-electron chi connectivity index (χ1n) is 9.94. The number of nitrogens with one attached hydrogen (secondary N) is 1. The van der Waals surface area contributed by atoms with Gasteiger partial charge in [0.05, 0.1) is 6.04 Å². The number of rotatable bonds is 7. The maximum Gasteiger partial charge on any atom is 0.221 e. The average Bonchev–Trinajstić information content (AvgIpc) is 2.69. The Hall–Kier alpha value is -1.94. The molecule has 2 aromatic carbocycles. The third-order valence-corrected chi connectivity index (χ3v) is 6.15. The van der Waals surface area contributed by atoms with Gasteiger partial charge in [-0.3, -0.25) is 4.79 Å². The van der Waals surface area contributed by atoms with E-state index in [-0.39, 0.29) is 11.9 Å². The highest BCUT2D eigenvalue weighted by molar-refractivity contribution is 7.99. The smallest absolute Gasteiger partial charge is 0.221 e. The van der Waals surface area contributed by atoms with Gasteiger partial charge in [-0.1, -0.05) is 37.3 Å². The molecule has 4 heteroatoms. The highest BCUT2D eigenvalue weighted by Gasteiger charge is 2.17. The van der Waals surface area contributed by atoms with Crippen LogP contribution in [0.4, 0.5) is 5.69 Å². The van der Waals surface area contributed by atoms with Crippen LogP contribution >= 0.6 is 11.8 Å². The van der Waals surface area contributed by atoms with E-state index in [2.05, 4.69) is 60.5 Å². The van der Waals surface area contributed by atoms with Gasteiger partial charge in [-0.2, -0.15) is 0 Å². The Labute approximate surface area is 167 Å². The van der Waals surface area contributed by atoms with Crippen LogP contribution in [0.3, 0.4) is 0 Å². The second-order valence-corrected chi connectivity index (χ2v) is 8.65. The number of carbonyl (C=O) groups is 1. The Kier molecular flexibility index (Phi) is 7.22. The summed E-state index contributed by atoms with van der Waals surface area (Å²) in [5.74, 6) is 1.68. The van der Waals surface area contributed by atoms with Crippen molar-refractivity contribution in [1.82, 2.24) is 5.32 Å². The van der Waals surface area contributed by atoms with Gasteiger partial charge in [0, 0.05) is 35.8 Å². The van der Waals surface area contributed by atoms with Gasteiger partial charge in [0.25, 0.3) is 0 Å². The van der Waals surface area contributed by atoms with Crippen molar-refractivity contribution in [2.45, 2.75) is 44.0 Å². The lowest BCUT2D eigenvalue weighted by atomic mass is 9.99. The van der Waals surface area contributed by atoms with Gasteiger partial charge >= 0.3 is 0 Å². The summed E-state index contributed by atoms with van der Waals surface area (Å²) in [6, 6.07) is 19.0. The van der Waals surface area contributed by atoms with Crippen molar-refractivity contribution in [1.29, 1.82) is 0 Å². The van der Waals surface area contributed by atoms with Gasteiger partial charge in [0.2, 0.25) is 5.91 Å². The molecule has 3 nitrogen and oxygen atoms in total. The van der Waals surface area contributed by atoms with Gasteiger partial charge in [-0.15, -0.1) is 11.8 Å². The van der Waals surface area contributed by atoms with Crippen LogP contribution in [0, 0.1) is 5.92 Å². The van der Waals surface area contributed by atoms with E-state index in [1.807, 2.05) is 18.2 Å². The molecule has 0 radical (unpaired) electrons. The number of nitrogens with zero attached hydrogens (tertiary/aromatic N) is 1. The molecule has 144 valence electrons. The summed E-state index contributed by atoms with van der Waals surface area (Å²) in [4.78, 5) is 15.9. The van der Waals surface area contributed by atoms with Crippen LogP contribution in [0.1, 0.15) is 44.7 Å². The van der Waals surface area contributed by atoms with Crippen molar-refractivity contribution in [2.75, 3.05) is 23.7 Å². The number of anilines is 1. The van der Waals surface area contributed by atoms with Crippen LogP contribution in [0.15, 0.2) is 59.5 Å². The second-order valence-electron chi connectivity index (χ2n) is 7.49. The molecule has 1 aliphatic heterocycles. The fourth-order valence-electron chi connectivity index (χ4n) is 3.57. The molecule has 1 aliphatic rings. The number of thioether (sulfide) groups is 1. The summed E-state index contributed by atoms with van der Waals surface area (Å²) < 4.78 is 0. The van der Waals surface area contributed by atoms with Crippen LogP contribution < -0.4 is 10.2 Å². The van der Waals surface area contributed by atoms with Crippen molar-refractivity contribution >= 4 is 23.4 Å². The Morgan fingerprint density at radius 2 is 1.93 bits per heavy atom. The summed E-state index contributed by atoms with van der Waals surface area (Å²) >= 11 is 1.72. The lowest BCUT2D eigenvalue weighted by Crippen LogP contribution is -2.34. The number of carbonyl (C=O) groups excluding carboxylic acids is 1. The molecule has 0 aliphatic carbocycles. The molecule has 1 amide bonds.